The number of rotatable bonds is 5. The summed E-state index contributed by atoms with van der Waals surface area (Å²) in [4.78, 5) is 34.6. The van der Waals surface area contributed by atoms with E-state index in [0.29, 0.717) is 40.4 Å². The molecule has 0 aliphatic carbocycles. The largest absolute Gasteiger partial charge is 0.461 e. The number of hydrogen-bond acceptors (Lipinski definition) is 8. The van der Waals surface area contributed by atoms with Gasteiger partial charge in [0.1, 0.15) is 0 Å². The van der Waals surface area contributed by atoms with Crippen LogP contribution in [0.25, 0.3) is 28.3 Å². The molecule has 2 atom stereocenters. The van der Waals surface area contributed by atoms with Crippen LogP contribution in [0, 0.1) is 0 Å². The van der Waals surface area contributed by atoms with Crippen LogP contribution < -0.4 is 16.4 Å². The molecule has 1 saturated heterocycles. The number of aromatic nitrogens is 6. The van der Waals surface area contributed by atoms with Gasteiger partial charge in [-0.2, -0.15) is 14.6 Å². The Balaban J connectivity index is 1.52. The fraction of sp³-hybridized carbons (Fsp3) is 0.217. The smallest absolute Gasteiger partial charge is 0.252 e. The van der Waals surface area contributed by atoms with E-state index >= 15 is 0 Å². The first kappa shape index (κ1) is 20.8. The third-order valence-electron chi connectivity index (χ3n) is 6.29. The number of carbonyl (C=O) groups excluding carboxylic acids is 2. The first-order chi connectivity index (χ1) is 16.9. The minimum absolute atomic E-state index is 0.0842. The van der Waals surface area contributed by atoms with Gasteiger partial charge in [-0.3, -0.25) is 9.59 Å². The summed E-state index contributed by atoms with van der Waals surface area (Å²) >= 11 is 0. The number of nitrogens with one attached hydrogen (secondary N) is 2. The molecule has 176 valence electrons. The van der Waals surface area contributed by atoms with Crippen LogP contribution in [-0.4, -0.2) is 53.8 Å². The van der Waals surface area contributed by atoms with Gasteiger partial charge in [0.2, 0.25) is 17.7 Å². The van der Waals surface area contributed by atoms with Gasteiger partial charge in [0.25, 0.3) is 5.91 Å². The van der Waals surface area contributed by atoms with Gasteiger partial charge in [-0.15, -0.1) is 5.10 Å². The third kappa shape index (κ3) is 3.21. The summed E-state index contributed by atoms with van der Waals surface area (Å²) in [6.45, 7) is 2.13. The minimum Gasteiger partial charge on any atom is -0.461 e. The van der Waals surface area contributed by atoms with Crippen molar-refractivity contribution in [3.8, 4) is 11.6 Å². The van der Waals surface area contributed by atoms with E-state index in [1.807, 2.05) is 30.3 Å². The topological polar surface area (TPSA) is 158 Å². The minimum atomic E-state index is -1.30. The Hall–Kier alpha value is -4.74. The Bertz CT molecular complexity index is 1570. The van der Waals surface area contributed by atoms with Crippen LogP contribution in [0.5, 0.6) is 0 Å². The molecule has 35 heavy (non-hydrogen) atoms. The zero-order chi connectivity index (χ0) is 24.2. The van der Waals surface area contributed by atoms with Crippen LogP contribution >= 0.6 is 0 Å². The van der Waals surface area contributed by atoms with Crippen LogP contribution in [-0.2, 0) is 15.1 Å². The molecule has 12 nitrogen and oxygen atoms in total. The van der Waals surface area contributed by atoms with Crippen molar-refractivity contribution in [2.24, 2.45) is 0 Å². The monoisotopic (exact) mass is 471 g/mol. The van der Waals surface area contributed by atoms with Crippen LogP contribution in [0.3, 0.4) is 0 Å². The summed E-state index contributed by atoms with van der Waals surface area (Å²) in [7, 11) is 0. The number of furan rings is 1. The van der Waals surface area contributed by atoms with Gasteiger partial charge in [0, 0.05) is 13.0 Å². The molecule has 1 aromatic carbocycles. The number of carbonyl (C=O) groups is 2. The number of fused-ring (bicyclic) bond motifs is 3. The molecule has 6 rings (SSSR count). The van der Waals surface area contributed by atoms with Crippen molar-refractivity contribution >= 4 is 34.4 Å². The van der Waals surface area contributed by atoms with Gasteiger partial charge in [-0.05, 0) is 24.6 Å². The molecule has 0 spiro atoms. The zero-order valence-corrected chi connectivity index (χ0v) is 18.7. The van der Waals surface area contributed by atoms with Crippen molar-refractivity contribution in [1.29, 1.82) is 0 Å². The fourth-order valence-corrected chi connectivity index (χ4v) is 4.39. The molecule has 0 saturated carbocycles. The van der Waals surface area contributed by atoms with Crippen LogP contribution in [0.15, 0.2) is 59.3 Å². The number of nitrogens with two attached hydrogens (primary N) is 1. The van der Waals surface area contributed by atoms with Crippen LogP contribution in [0.2, 0.25) is 0 Å². The predicted octanol–water partition coefficient (Wildman–Crippen LogP) is 1.08. The number of nitrogen functional groups attached to an aromatic ring is 1. The molecule has 4 N–H and O–H groups in total. The van der Waals surface area contributed by atoms with Gasteiger partial charge >= 0.3 is 0 Å². The maximum Gasteiger partial charge on any atom is 0.252 e. The Morgan fingerprint density at radius 1 is 1.20 bits per heavy atom. The van der Waals surface area contributed by atoms with E-state index in [-0.39, 0.29) is 30.2 Å². The summed E-state index contributed by atoms with van der Waals surface area (Å²) in [5, 5.41) is 15.3. The van der Waals surface area contributed by atoms with E-state index in [2.05, 4.69) is 30.8 Å². The molecule has 1 unspecified atom stereocenters. The van der Waals surface area contributed by atoms with Crippen LogP contribution in [0.1, 0.15) is 18.9 Å². The molecule has 4 aromatic heterocycles. The fourth-order valence-electron chi connectivity index (χ4n) is 4.39. The normalized spacial score (nSPS) is 17.5. The SMILES string of the molecule is CC(C(=O)N[C@@H]1CNC(=O)C1)(c1ccccc1)n1ncc2c1nc(N)n1nc(-c3ccco3)nc21. The number of nitrogens with zero attached hydrogens (tertiary/aromatic N) is 6. The molecule has 5 aromatic rings. The highest BCUT2D eigenvalue weighted by Crippen LogP contribution is 2.32. The predicted molar refractivity (Wildman–Crippen MR) is 125 cm³/mol. The summed E-state index contributed by atoms with van der Waals surface area (Å²) in [5.74, 6) is 0.499. The number of anilines is 1. The number of hydrogen-bond donors (Lipinski definition) is 3. The van der Waals surface area contributed by atoms with E-state index in [9.17, 15) is 9.59 Å². The summed E-state index contributed by atoms with van der Waals surface area (Å²) in [6, 6.07) is 12.4. The van der Waals surface area contributed by atoms with Gasteiger partial charge in [-0.1, -0.05) is 30.3 Å². The van der Waals surface area contributed by atoms with E-state index in [0.717, 1.165) is 0 Å². The van der Waals surface area contributed by atoms with Gasteiger partial charge in [-0.25, -0.2) is 9.67 Å². The lowest BCUT2D eigenvalue weighted by atomic mass is 9.90. The first-order valence-corrected chi connectivity index (χ1v) is 11.0. The molecule has 12 heteroatoms. The Morgan fingerprint density at radius 3 is 2.74 bits per heavy atom. The van der Waals surface area contributed by atoms with Crippen molar-refractivity contribution < 1.29 is 14.0 Å². The standard InChI is InChI=1S/C23H21N9O3/c1-23(13-6-3-2-4-7-13,21(34)27-14-10-17(33)25-11-14)32-20-15(12-26-32)19-28-18(16-8-5-9-35-16)30-31(19)22(24)29-20/h2-9,12,14H,10-11H2,1H3,(H2,24,29)(H,25,33)(H,27,34)/t14-,23?/m0/s1. The summed E-state index contributed by atoms with van der Waals surface area (Å²) in [5.41, 5.74) is 6.46. The average Bonchev–Trinajstić information content (AvgIpc) is 3.65. The number of amides is 2. The van der Waals surface area contributed by atoms with E-state index in [1.165, 1.54) is 15.5 Å². The van der Waals surface area contributed by atoms with E-state index in [4.69, 9.17) is 10.2 Å². The molecular formula is C23H21N9O3. The molecule has 5 heterocycles. The zero-order valence-electron chi connectivity index (χ0n) is 18.7. The molecule has 2 amide bonds. The average molecular weight is 471 g/mol. The molecule has 1 aliphatic heterocycles. The van der Waals surface area contributed by atoms with Gasteiger partial charge in [0.05, 0.1) is 23.9 Å². The first-order valence-electron chi connectivity index (χ1n) is 11.0. The highest BCUT2D eigenvalue weighted by atomic mass is 16.3. The maximum atomic E-state index is 13.8. The Kier molecular flexibility index (Phi) is 4.56. The van der Waals surface area contributed by atoms with Crippen molar-refractivity contribution in [3.63, 3.8) is 0 Å². The van der Waals surface area contributed by atoms with E-state index < -0.39 is 5.54 Å². The second kappa shape index (κ2) is 7.65. The van der Waals surface area contributed by atoms with Crippen LogP contribution in [0.4, 0.5) is 5.95 Å². The highest BCUT2D eigenvalue weighted by Gasteiger charge is 2.41. The molecule has 1 fully saturated rings. The summed E-state index contributed by atoms with van der Waals surface area (Å²) < 4.78 is 8.37. The lowest BCUT2D eigenvalue weighted by molar-refractivity contribution is -0.128. The number of benzene rings is 1. The Morgan fingerprint density at radius 2 is 2.03 bits per heavy atom. The lowest BCUT2D eigenvalue weighted by Gasteiger charge is -2.31. The second-order valence-electron chi connectivity index (χ2n) is 8.53. The molecule has 0 bridgehead atoms. The van der Waals surface area contributed by atoms with Crippen molar-refractivity contribution in [2.45, 2.75) is 24.9 Å². The van der Waals surface area contributed by atoms with Crippen molar-refractivity contribution in [1.82, 2.24) is 40.0 Å². The Labute approximate surface area is 198 Å². The van der Waals surface area contributed by atoms with Gasteiger partial charge in [0.15, 0.2) is 22.6 Å². The third-order valence-corrected chi connectivity index (χ3v) is 6.29. The highest BCUT2D eigenvalue weighted by molar-refractivity contribution is 5.94. The van der Waals surface area contributed by atoms with Gasteiger partial charge < -0.3 is 20.8 Å². The van der Waals surface area contributed by atoms with Crippen molar-refractivity contribution in [2.75, 3.05) is 12.3 Å². The molecule has 1 aliphatic rings. The maximum absolute atomic E-state index is 13.8. The summed E-state index contributed by atoms with van der Waals surface area (Å²) in [6.07, 6.45) is 3.35. The molecular weight excluding hydrogens is 450 g/mol. The quantitative estimate of drug-likeness (QED) is 0.344. The molecule has 0 radical (unpaired) electrons. The second-order valence-corrected chi connectivity index (χ2v) is 8.53. The van der Waals surface area contributed by atoms with Crippen molar-refractivity contribution in [3.05, 3.63) is 60.5 Å². The lowest BCUT2D eigenvalue weighted by Crippen LogP contribution is -2.51. The van der Waals surface area contributed by atoms with E-state index in [1.54, 1.807) is 25.3 Å².